The van der Waals surface area contributed by atoms with Crippen LogP contribution in [0.5, 0.6) is 0 Å². The molecule has 1 aromatic carbocycles. The maximum Gasteiger partial charge on any atom is 0.115 e. The Bertz CT molecular complexity index is 512. The van der Waals surface area contributed by atoms with Gasteiger partial charge in [0.15, 0.2) is 0 Å². The van der Waals surface area contributed by atoms with Crippen molar-refractivity contribution in [3.8, 4) is 0 Å². The van der Waals surface area contributed by atoms with Crippen LogP contribution in [0.2, 0.25) is 0 Å². The highest BCUT2D eigenvalue weighted by molar-refractivity contribution is 5.38. The number of hydrogen-bond donors (Lipinski definition) is 1. The van der Waals surface area contributed by atoms with Gasteiger partial charge in [0.25, 0.3) is 0 Å². The first-order valence-electron chi connectivity index (χ1n) is 6.15. The van der Waals surface area contributed by atoms with E-state index in [2.05, 4.69) is 42.9 Å². The molecule has 0 aliphatic carbocycles. The van der Waals surface area contributed by atoms with Gasteiger partial charge < -0.3 is 5.73 Å². The number of hydrogen-bond acceptors (Lipinski definition) is 3. The lowest BCUT2D eigenvalue weighted by Gasteiger charge is -2.16. The van der Waals surface area contributed by atoms with E-state index < -0.39 is 0 Å². The van der Waals surface area contributed by atoms with Crippen LogP contribution < -0.4 is 5.73 Å². The second kappa shape index (κ2) is 5.27. The highest BCUT2D eigenvalue weighted by Gasteiger charge is 2.11. The molecule has 94 valence electrons. The molecular formula is C15H19N3. The summed E-state index contributed by atoms with van der Waals surface area (Å²) in [4.78, 5) is 8.03. The predicted octanol–water partition coefficient (Wildman–Crippen LogP) is 2.64. The minimum Gasteiger partial charge on any atom is -0.324 e. The molecule has 18 heavy (non-hydrogen) atoms. The summed E-state index contributed by atoms with van der Waals surface area (Å²) in [5, 5.41) is 0. The van der Waals surface area contributed by atoms with Crippen molar-refractivity contribution in [2.24, 2.45) is 5.73 Å². The Morgan fingerprint density at radius 2 is 1.61 bits per heavy atom. The fourth-order valence-electron chi connectivity index (χ4n) is 2.37. The molecule has 2 aromatic rings. The van der Waals surface area contributed by atoms with Gasteiger partial charge in [-0.2, -0.15) is 0 Å². The van der Waals surface area contributed by atoms with E-state index in [4.69, 9.17) is 5.73 Å². The van der Waals surface area contributed by atoms with Gasteiger partial charge in [0.2, 0.25) is 0 Å². The summed E-state index contributed by atoms with van der Waals surface area (Å²) in [7, 11) is 0. The molecule has 1 aromatic heterocycles. The average molecular weight is 241 g/mol. The van der Waals surface area contributed by atoms with Gasteiger partial charge in [-0.3, -0.25) is 0 Å². The summed E-state index contributed by atoms with van der Waals surface area (Å²) in [6, 6.07) is 4.36. The standard InChI is InChI=1S/C15H19N3/c1-10-4-11(2)14(12(3)5-10)6-15(16)13-7-17-9-18-8-13/h4-5,7-9,15H,6,16H2,1-3H3. The van der Waals surface area contributed by atoms with E-state index in [0.717, 1.165) is 12.0 Å². The maximum atomic E-state index is 6.22. The third-order valence-electron chi connectivity index (χ3n) is 3.27. The molecule has 2 rings (SSSR count). The van der Waals surface area contributed by atoms with E-state index in [-0.39, 0.29) is 6.04 Å². The summed E-state index contributed by atoms with van der Waals surface area (Å²) >= 11 is 0. The van der Waals surface area contributed by atoms with Crippen molar-refractivity contribution in [2.45, 2.75) is 33.2 Å². The van der Waals surface area contributed by atoms with Crippen molar-refractivity contribution < 1.29 is 0 Å². The van der Waals surface area contributed by atoms with Gasteiger partial charge in [0.1, 0.15) is 6.33 Å². The van der Waals surface area contributed by atoms with E-state index in [1.165, 1.54) is 28.6 Å². The Morgan fingerprint density at radius 3 is 2.17 bits per heavy atom. The minimum absolute atomic E-state index is 0.0497. The first-order chi connectivity index (χ1) is 8.58. The van der Waals surface area contributed by atoms with Crippen LogP contribution in [0.1, 0.15) is 33.9 Å². The number of aryl methyl sites for hydroxylation is 3. The highest BCUT2D eigenvalue weighted by Crippen LogP contribution is 2.22. The lowest BCUT2D eigenvalue weighted by Crippen LogP contribution is -2.15. The molecule has 0 fully saturated rings. The lowest BCUT2D eigenvalue weighted by atomic mass is 9.93. The molecule has 2 N–H and O–H groups in total. The smallest absolute Gasteiger partial charge is 0.115 e. The molecule has 0 saturated carbocycles. The van der Waals surface area contributed by atoms with Crippen LogP contribution in [-0.2, 0) is 6.42 Å². The quantitative estimate of drug-likeness (QED) is 0.898. The molecule has 1 heterocycles. The van der Waals surface area contributed by atoms with E-state index in [1.807, 2.05) is 0 Å². The first-order valence-corrected chi connectivity index (χ1v) is 6.15. The van der Waals surface area contributed by atoms with Crippen molar-refractivity contribution in [2.75, 3.05) is 0 Å². The number of aromatic nitrogens is 2. The lowest BCUT2D eigenvalue weighted by molar-refractivity contribution is 0.706. The zero-order chi connectivity index (χ0) is 13.1. The Morgan fingerprint density at radius 1 is 1.06 bits per heavy atom. The SMILES string of the molecule is Cc1cc(C)c(CC(N)c2cncnc2)c(C)c1. The molecule has 1 atom stereocenters. The third-order valence-corrected chi connectivity index (χ3v) is 3.27. The Balaban J connectivity index is 2.25. The molecule has 3 nitrogen and oxygen atoms in total. The second-order valence-corrected chi connectivity index (χ2v) is 4.86. The zero-order valence-corrected chi connectivity index (χ0v) is 11.1. The van der Waals surface area contributed by atoms with Gasteiger partial charge in [-0.1, -0.05) is 17.7 Å². The molecule has 0 saturated heterocycles. The fourth-order valence-corrected chi connectivity index (χ4v) is 2.37. The molecule has 0 aliphatic rings. The van der Waals surface area contributed by atoms with Crippen molar-refractivity contribution in [1.29, 1.82) is 0 Å². The average Bonchev–Trinajstić information content (AvgIpc) is 2.34. The monoisotopic (exact) mass is 241 g/mol. The number of benzene rings is 1. The zero-order valence-electron chi connectivity index (χ0n) is 11.1. The number of nitrogens with zero attached hydrogens (tertiary/aromatic N) is 2. The van der Waals surface area contributed by atoms with Crippen LogP contribution in [0.3, 0.4) is 0 Å². The predicted molar refractivity (Wildman–Crippen MR) is 73.3 cm³/mol. The third kappa shape index (κ3) is 2.74. The van der Waals surface area contributed by atoms with Crippen LogP contribution in [0.25, 0.3) is 0 Å². The van der Waals surface area contributed by atoms with Crippen LogP contribution in [0.4, 0.5) is 0 Å². The molecule has 1 unspecified atom stereocenters. The van der Waals surface area contributed by atoms with E-state index in [9.17, 15) is 0 Å². The van der Waals surface area contributed by atoms with Crippen molar-refractivity contribution >= 4 is 0 Å². The summed E-state index contributed by atoms with van der Waals surface area (Å²) in [5.41, 5.74) is 12.4. The Kier molecular flexibility index (Phi) is 3.72. The molecule has 3 heteroatoms. The van der Waals surface area contributed by atoms with Gasteiger partial charge in [-0.25, -0.2) is 9.97 Å². The molecule has 0 bridgehead atoms. The summed E-state index contributed by atoms with van der Waals surface area (Å²) in [6.07, 6.45) is 5.93. The number of rotatable bonds is 3. The van der Waals surface area contributed by atoms with Crippen LogP contribution >= 0.6 is 0 Å². The number of nitrogens with two attached hydrogens (primary N) is 1. The molecule has 0 radical (unpaired) electrons. The van der Waals surface area contributed by atoms with Gasteiger partial charge in [0.05, 0.1) is 0 Å². The van der Waals surface area contributed by atoms with Gasteiger partial charge in [-0.15, -0.1) is 0 Å². The van der Waals surface area contributed by atoms with Crippen molar-refractivity contribution in [1.82, 2.24) is 9.97 Å². The van der Waals surface area contributed by atoms with Crippen LogP contribution in [0.15, 0.2) is 30.9 Å². The first kappa shape index (κ1) is 12.7. The van der Waals surface area contributed by atoms with E-state index >= 15 is 0 Å². The molecule has 0 spiro atoms. The van der Waals surface area contributed by atoms with Crippen molar-refractivity contribution in [3.05, 3.63) is 58.7 Å². The Labute approximate surface area is 108 Å². The van der Waals surface area contributed by atoms with Gasteiger partial charge >= 0.3 is 0 Å². The minimum atomic E-state index is -0.0497. The summed E-state index contributed by atoms with van der Waals surface area (Å²) in [5.74, 6) is 0. The van der Waals surface area contributed by atoms with E-state index in [1.54, 1.807) is 12.4 Å². The topological polar surface area (TPSA) is 51.8 Å². The largest absolute Gasteiger partial charge is 0.324 e. The maximum absolute atomic E-state index is 6.22. The fraction of sp³-hybridized carbons (Fsp3) is 0.333. The van der Waals surface area contributed by atoms with Gasteiger partial charge in [-0.05, 0) is 43.9 Å². The normalized spacial score (nSPS) is 12.4. The molecule has 0 aliphatic heterocycles. The molecular weight excluding hydrogens is 222 g/mol. The molecule has 0 amide bonds. The highest BCUT2D eigenvalue weighted by atomic mass is 14.8. The van der Waals surface area contributed by atoms with Crippen LogP contribution in [-0.4, -0.2) is 9.97 Å². The summed E-state index contributed by atoms with van der Waals surface area (Å²) in [6.45, 7) is 6.40. The second-order valence-electron chi connectivity index (χ2n) is 4.86. The van der Waals surface area contributed by atoms with Crippen molar-refractivity contribution in [3.63, 3.8) is 0 Å². The van der Waals surface area contributed by atoms with Crippen LogP contribution in [0, 0.1) is 20.8 Å². The Hall–Kier alpha value is -1.74. The van der Waals surface area contributed by atoms with Gasteiger partial charge in [0, 0.05) is 24.0 Å². The van der Waals surface area contributed by atoms with E-state index in [0.29, 0.717) is 0 Å². The summed E-state index contributed by atoms with van der Waals surface area (Å²) < 4.78 is 0.